The van der Waals surface area contributed by atoms with Gasteiger partial charge in [0.2, 0.25) is 0 Å². The van der Waals surface area contributed by atoms with Crippen molar-refractivity contribution in [2.75, 3.05) is 7.11 Å². The van der Waals surface area contributed by atoms with Gasteiger partial charge in [0, 0.05) is 13.5 Å². The maximum absolute atomic E-state index is 10.9. The molecule has 0 spiro atoms. The molecule has 0 aromatic heterocycles. The molecule has 0 aliphatic heterocycles. The molecule has 0 aliphatic carbocycles. The van der Waals surface area contributed by atoms with Crippen molar-refractivity contribution >= 4 is 5.97 Å². The first kappa shape index (κ1) is 14.4. The summed E-state index contributed by atoms with van der Waals surface area (Å²) in [6.07, 6.45) is 0.732. The third-order valence-corrected chi connectivity index (χ3v) is 2.63. The molecular formula is C11H22O4. The molecule has 0 rings (SSSR count). The molecule has 0 radical (unpaired) electrons. The molecule has 0 fully saturated rings. The minimum atomic E-state index is -0.934. The average Bonchev–Trinajstić information content (AvgIpc) is 2.12. The number of hydrogen-bond acceptors (Lipinski definition) is 3. The lowest BCUT2D eigenvalue weighted by molar-refractivity contribution is -0.147. The van der Waals surface area contributed by atoms with Gasteiger partial charge in [-0.2, -0.15) is 0 Å². The van der Waals surface area contributed by atoms with E-state index in [1.165, 1.54) is 0 Å². The molecule has 0 aromatic rings. The Kier molecular flexibility index (Phi) is 5.83. The summed E-state index contributed by atoms with van der Waals surface area (Å²) in [6, 6.07) is 0. The Morgan fingerprint density at radius 1 is 1.47 bits per heavy atom. The fourth-order valence-electron chi connectivity index (χ4n) is 1.52. The molecule has 2 N–H and O–H groups in total. The molecule has 0 aromatic carbocycles. The zero-order valence-electron chi connectivity index (χ0n) is 9.99. The van der Waals surface area contributed by atoms with E-state index in [2.05, 4.69) is 0 Å². The molecule has 4 nitrogen and oxygen atoms in total. The fraction of sp³-hybridized carbons (Fsp3) is 0.909. The van der Waals surface area contributed by atoms with Gasteiger partial charge in [-0.05, 0) is 20.3 Å². The lowest BCUT2D eigenvalue weighted by Gasteiger charge is -2.28. The van der Waals surface area contributed by atoms with Gasteiger partial charge in [-0.25, -0.2) is 0 Å². The van der Waals surface area contributed by atoms with Crippen LogP contribution in [-0.4, -0.2) is 35.0 Å². The summed E-state index contributed by atoms with van der Waals surface area (Å²) in [5, 5.41) is 18.8. The highest BCUT2D eigenvalue weighted by molar-refractivity contribution is 5.70. The summed E-state index contributed by atoms with van der Waals surface area (Å²) < 4.78 is 5.16. The third kappa shape index (κ3) is 5.14. The first-order chi connectivity index (χ1) is 6.84. The quantitative estimate of drug-likeness (QED) is 0.682. The Morgan fingerprint density at radius 3 is 2.33 bits per heavy atom. The van der Waals surface area contributed by atoms with Gasteiger partial charge >= 0.3 is 5.97 Å². The monoisotopic (exact) mass is 218 g/mol. The van der Waals surface area contributed by atoms with Crippen LogP contribution >= 0.6 is 0 Å². The standard InChI is InChI=1S/C11H22O4/c1-5-6-8(10(13)14)9(12)7-11(2,3)15-4/h8-9,12H,5-7H2,1-4H3,(H,13,14). The van der Waals surface area contributed by atoms with E-state index in [0.29, 0.717) is 12.8 Å². The predicted octanol–water partition coefficient (Wildman–Crippen LogP) is 1.66. The summed E-state index contributed by atoms with van der Waals surface area (Å²) in [7, 11) is 1.56. The number of aliphatic hydroxyl groups excluding tert-OH is 1. The van der Waals surface area contributed by atoms with Crippen LogP contribution in [0.1, 0.15) is 40.0 Å². The van der Waals surface area contributed by atoms with Crippen molar-refractivity contribution in [3.8, 4) is 0 Å². The largest absolute Gasteiger partial charge is 0.481 e. The van der Waals surface area contributed by atoms with Crippen molar-refractivity contribution in [3.63, 3.8) is 0 Å². The van der Waals surface area contributed by atoms with Crippen LogP contribution in [0.2, 0.25) is 0 Å². The molecular weight excluding hydrogens is 196 g/mol. The minimum Gasteiger partial charge on any atom is -0.481 e. The Balaban J connectivity index is 4.37. The molecule has 2 unspecified atom stereocenters. The maximum atomic E-state index is 10.9. The molecule has 0 aliphatic rings. The zero-order valence-corrected chi connectivity index (χ0v) is 9.99. The highest BCUT2D eigenvalue weighted by atomic mass is 16.5. The lowest BCUT2D eigenvalue weighted by atomic mass is 9.89. The molecule has 15 heavy (non-hydrogen) atoms. The highest BCUT2D eigenvalue weighted by Gasteiger charge is 2.31. The number of hydrogen-bond donors (Lipinski definition) is 2. The number of rotatable bonds is 7. The summed E-state index contributed by atoms with van der Waals surface area (Å²) in [6.45, 7) is 5.58. The number of methoxy groups -OCH3 is 1. The number of carboxylic acids is 1. The van der Waals surface area contributed by atoms with Crippen LogP contribution < -0.4 is 0 Å². The van der Waals surface area contributed by atoms with Crippen molar-refractivity contribution in [2.24, 2.45) is 5.92 Å². The second-order valence-corrected chi connectivity index (χ2v) is 4.47. The van der Waals surface area contributed by atoms with E-state index in [1.807, 2.05) is 20.8 Å². The van der Waals surface area contributed by atoms with Gasteiger partial charge in [-0.1, -0.05) is 13.3 Å². The average molecular weight is 218 g/mol. The van der Waals surface area contributed by atoms with Crippen LogP contribution in [0.4, 0.5) is 0 Å². The number of aliphatic hydroxyl groups is 1. The summed E-state index contributed by atoms with van der Waals surface area (Å²) in [5.41, 5.74) is -0.485. The highest BCUT2D eigenvalue weighted by Crippen LogP contribution is 2.22. The van der Waals surface area contributed by atoms with E-state index in [9.17, 15) is 9.90 Å². The topological polar surface area (TPSA) is 66.8 Å². The van der Waals surface area contributed by atoms with Crippen LogP contribution in [0.3, 0.4) is 0 Å². The van der Waals surface area contributed by atoms with Gasteiger partial charge in [0.05, 0.1) is 17.6 Å². The van der Waals surface area contributed by atoms with Crippen LogP contribution in [0.5, 0.6) is 0 Å². The summed E-state index contributed by atoms with van der Waals surface area (Å²) in [5.74, 6) is -1.62. The summed E-state index contributed by atoms with van der Waals surface area (Å²) >= 11 is 0. The van der Waals surface area contributed by atoms with E-state index >= 15 is 0 Å². The molecule has 0 amide bonds. The second kappa shape index (κ2) is 6.08. The Labute approximate surface area is 91.3 Å². The molecule has 90 valence electrons. The molecule has 2 atom stereocenters. The minimum absolute atomic E-state index is 0.334. The maximum Gasteiger partial charge on any atom is 0.309 e. The number of carbonyl (C=O) groups is 1. The van der Waals surface area contributed by atoms with E-state index in [0.717, 1.165) is 6.42 Å². The van der Waals surface area contributed by atoms with E-state index in [-0.39, 0.29) is 0 Å². The van der Waals surface area contributed by atoms with Crippen molar-refractivity contribution in [2.45, 2.75) is 51.7 Å². The van der Waals surface area contributed by atoms with Gasteiger partial charge in [-0.15, -0.1) is 0 Å². The lowest BCUT2D eigenvalue weighted by Crippen LogP contribution is -2.36. The van der Waals surface area contributed by atoms with E-state index in [1.54, 1.807) is 7.11 Å². The van der Waals surface area contributed by atoms with Crippen molar-refractivity contribution < 1.29 is 19.7 Å². The number of aliphatic carboxylic acids is 1. The van der Waals surface area contributed by atoms with Gasteiger partial charge in [0.25, 0.3) is 0 Å². The number of carboxylic acid groups (broad SMARTS) is 1. The van der Waals surface area contributed by atoms with Gasteiger partial charge in [-0.3, -0.25) is 4.79 Å². The normalized spacial score (nSPS) is 16.1. The molecule has 0 heterocycles. The Hall–Kier alpha value is -0.610. The van der Waals surface area contributed by atoms with E-state index < -0.39 is 23.6 Å². The van der Waals surface area contributed by atoms with Crippen LogP contribution in [-0.2, 0) is 9.53 Å². The fourth-order valence-corrected chi connectivity index (χ4v) is 1.52. The van der Waals surface area contributed by atoms with Crippen molar-refractivity contribution in [1.29, 1.82) is 0 Å². The van der Waals surface area contributed by atoms with Gasteiger partial charge in [0.1, 0.15) is 0 Å². The Morgan fingerprint density at radius 2 is 2.00 bits per heavy atom. The third-order valence-electron chi connectivity index (χ3n) is 2.63. The zero-order chi connectivity index (χ0) is 12.1. The van der Waals surface area contributed by atoms with Crippen LogP contribution in [0.15, 0.2) is 0 Å². The predicted molar refractivity (Wildman–Crippen MR) is 57.7 cm³/mol. The van der Waals surface area contributed by atoms with Crippen LogP contribution in [0.25, 0.3) is 0 Å². The molecule has 0 bridgehead atoms. The van der Waals surface area contributed by atoms with Gasteiger partial charge in [0.15, 0.2) is 0 Å². The van der Waals surface area contributed by atoms with Gasteiger partial charge < -0.3 is 14.9 Å². The molecule has 0 saturated carbocycles. The van der Waals surface area contributed by atoms with Crippen molar-refractivity contribution in [1.82, 2.24) is 0 Å². The first-order valence-corrected chi connectivity index (χ1v) is 5.30. The molecule has 4 heteroatoms. The number of ether oxygens (including phenoxy) is 1. The summed E-state index contributed by atoms with van der Waals surface area (Å²) in [4.78, 5) is 10.9. The van der Waals surface area contributed by atoms with E-state index in [4.69, 9.17) is 9.84 Å². The van der Waals surface area contributed by atoms with Crippen LogP contribution in [0, 0.1) is 5.92 Å². The smallest absolute Gasteiger partial charge is 0.309 e. The SMILES string of the molecule is CCCC(C(=O)O)C(O)CC(C)(C)OC. The molecule has 0 saturated heterocycles. The second-order valence-electron chi connectivity index (χ2n) is 4.47. The Bertz CT molecular complexity index is 201. The first-order valence-electron chi connectivity index (χ1n) is 5.30. The van der Waals surface area contributed by atoms with Crippen molar-refractivity contribution in [3.05, 3.63) is 0 Å².